The normalized spacial score (nSPS) is 14.9. The van der Waals surface area contributed by atoms with E-state index in [-0.39, 0.29) is 12.0 Å². The smallest absolute Gasteiger partial charge is 0.409 e. The average molecular weight is 362 g/mol. The molecule has 6 nitrogen and oxygen atoms in total. The lowest BCUT2D eigenvalue weighted by Crippen LogP contribution is -2.38. The van der Waals surface area contributed by atoms with Crippen LogP contribution in [-0.4, -0.2) is 61.7 Å². The largest absolute Gasteiger partial charge is 0.497 e. The molecule has 0 aromatic heterocycles. The number of methoxy groups -OCH3 is 1. The van der Waals surface area contributed by atoms with E-state index in [0.29, 0.717) is 51.5 Å². The molecule has 26 heavy (non-hydrogen) atoms. The average Bonchev–Trinajstić information content (AvgIpc) is 2.90. The van der Waals surface area contributed by atoms with Crippen molar-refractivity contribution in [2.24, 2.45) is 5.92 Å². The summed E-state index contributed by atoms with van der Waals surface area (Å²) in [5.74, 6) is 1.26. The molecule has 0 N–H and O–H groups in total. The SMILES string of the molecule is COc1cccc(CCC(=O)N2CCCN(C(=O)OCC(C)C)CC2)c1. The zero-order valence-electron chi connectivity index (χ0n) is 16.1. The lowest BCUT2D eigenvalue weighted by atomic mass is 10.1. The van der Waals surface area contributed by atoms with Crippen molar-refractivity contribution in [2.75, 3.05) is 39.9 Å². The molecule has 2 rings (SSSR count). The van der Waals surface area contributed by atoms with E-state index in [1.807, 2.05) is 43.0 Å². The van der Waals surface area contributed by atoms with Gasteiger partial charge in [-0.2, -0.15) is 0 Å². The molecule has 1 saturated heterocycles. The minimum absolute atomic E-state index is 0.130. The Morgan fingerprint density at radius 1 is 1.12 bits per heavy atom. The van der Waals surface area contributed by atoms with Crippen molar-refractivity contribution in [1.29, 1.82) is 0 Å². The second-order valence-electron chi connectivity index (χ2n) is 7.04. The highest BCUT2D eigenvalue weighted by molar-refractivity contribution is 5.76. The quantitative estimate of drug-likeness (QED) is 0.781. The van der Waals surface area contributed by atoms with Crippen LogP contribution in [0.3, 0.4) is 0 Å². The molecule has 0 radical (unpaired) electrons. The zero-order valence-corrected chi connectivity index (χ0v) is 16.1. The van der Waals surface area contributed by atoms with Gasteiger partial charge in [0, 0.05) is 32.6 Å². The van der Waals surface area contributed by atoms with Crippen LogP contribution >= 0.6 is 0 Å². The number of nitrogens with zero attached hydrogens (tertiary/aromatic N) is 2. The van der Waals surface area contributed by atoms with Gasteiger partial charge in [0.15, 0.2) is 0 Å². The van der Waals surface area contributed by atoms with E-state index in [1.54, 1.807) is 12.0 Å². The first kappa shape index (κ1) is 20.1. The maximum absolute atomic E-state index is 12.5. The number of amides is 2. The Bertz CT molecular complexity index is 603. The predicted octanol–water partition coefficient (Wildman–Crippen LogP) is 2.95. The van der Waals surface area contributed by atoms with Gasteiger partial charge in [0.1, 0.15) is 5.75 Å². The number of hydrogen-bond donors (Lipinski definition) is 0. The van der Waals surface area contributed by atoms with Gasteiger partial charge in [0.05, 0.1) is 13.7 Å². The summed E-state index contributed by atoms with van der Waals surface area (Å²) in [5.41, 5.74) is 1.09. The maximum Gasteiger partial charge on any atom is 0.409 e. The molecule has 0 saturated carbocycles. The molecule has 1 aromatic rings. The molecular formula is C20H30N2O4. The van der Waals surface area contributed by atoms with Crippen LogP contribution in [0.5, 0.6) is 5.75 Å². The molecule has 0 spiro atoms. The maximum atomic E-state index is 12.5. The summed E-state index contributed by atoms with van der Waals surface area (Å²) in [6.45, 7) is 6.87. The second kappa shape index (κ2) is 10.0. The lowest BCUT2D eigenvalue weighted by molar-refractivity contribution is -0.131. The lowest BCUT2D eigenvalue weighted by Gasteiger charge is -2.22. The van der Waals surface area contributed by atoms with Gasteiger partial charge in [-0.1, -0.05) is 26.0 Å². The number of rotatable bonds is 6. The topological polar surface area (TPSA) is 59.1 Å². The summed E-state index contributed by atoms with van der Waals surface area (Å²) in [6.07, 6.45) is 1.66. The summed E-state index contributed by atoms with van der Waals surface area (Å²) >= 11 is 0. The van der Waals surface area contributed by atoms with Crippen molar-refractivity contribution in [3.05, 3.63) is 29.8 Å². The fraction of sp³-hybridized carbons (Fsp3) is 0.600. The highest BCUT2D eigenvalue weighted by atomic mass is 16.6. The highest BCUT2D eigenvalue weighted by Gasteiger charge is 2.22. The Morgan fingerprint density at radius 2 is 1.85 bits per heavy atom. The molecule has 0 unspecified atom stereocenters. The van der Waals surface area contributed by atoms with Crippen LogP contribution in [0.4, 0.5) is 4.79 Å². The summed E-state index contributed by atoms with van der Waals surface area (Å²) in [5, 5.41) is 0. The molecular weight excluding hydrogens is 332 g/mol. The predicted molar refractivity (Wildman–Crippen MR) is 100 cm³/mol. The molecule has 1 aliphatic rings. The van der Waals surface area contributed by atoms with Crippen molar-refractivity contribution in [3.8, 4) is 5.75 Å². The molecule has 1 aliphatic heterocycles. The van der Waals surface area contributed by atoms with Gasteiger partial charge >= 0.3 is 6.09 Å². The van der Waals surface area contributed by atoms with Crippen LogP contribution in [0.15, 0.2) is 24.3 Å². The minimum Gasteiger partial charge on any atom is -0.497 e. The number of ether oxygens (including phenoxy) is 2. The van der Waals surface area contributed by atoms with Gasteiger partial charge in [-0.15, -0.1) is 0 Å². The van der Waals surface area contributed by atoms with E-state index < -0.39 is 0 Å². The van der Waals surface area contributed by atoms with E-state index in [1.165, 1.54) is 0 Å². The fourth-order valence-corrected chi connectivity index (χ4v) is 2.92. The fourth-order valence-electron chi connectivity index (χ4n) is 2.92. The minimum atomic E-state index is -0.274. The second-order valence-corrected chi connectivity index (χ2v) is 7.04. The summed E-state index contributed by atoms with van der Waals surface area (Å²) in [4.78, 5) is 28.2. The molecule has 6 heteroatoms. The number of carbonyl (C=O) groups excluding carboxylic acids is 2. The van der Waals surface area contributed by atoms with Crippen LogP contribution < -0.4 is 4.74 Å². The van der Waals surface area contributed by atoms with E-state index in [2.05, 4.69) is 0 Å². The third-order valence-corrected chi connectivity index (χ3v) is 4.41. The van der Waals surface area contributed by atoms with Gasteiger partial charge in [0.2, 0.25) is 5.91 Å². The Morgan fingerprint density at radius 3 is 2.58 bits per heavy atom. The van der Waals surface area contributed by atoms with Crippen LogP contribution in [0.2, 0.25) is 0 Å². The molecule has 0 aliphatic carbocycles. The first-order valence-electron chi connectivity index (χ1n) is 9.32. The first-order valence-corrected chi connectivity index (χ1v) is 9.32. The summed E-state index contributed by atoms with van der Waals surface area (Å²) < 4.78 is 10.5. The van der Waals surface area contributed by atoms with E-state index >= 15 is 0 Å². The van der Waals surface area contributed by atoms with Crippen LogP contribution in [0.25, 0.3) is 0 Å². The van der Waals surface area contributed by atoms with Crippen molar-refractivity contribution in [3.63, 3.8) is 0 Å². The zero-order chi connectivity index (χ0) is 18.9. The van der Waals surface area contributed by atoms with Crippen LogP contribution in [0, 0.1) is 5.92 Å². The van der Waals surface area contributed by atoms with Gasteiger partial charge in [-0.25, -0.2) is 4.79 Å². The van der Waals surface area contributed by atoms with Crippen LogP contribution in [-0.2, 0) is 16.0 Å². The van der Waals surface area contributed by atoms with Crippen molar-refractivity contribution in [2.45, 2.75) is 33.1 Å². The molecule has 144 valence electrons. The van der Waals surface area contributed by atoms with Crippen LogP contribution in [0.1, 0.15) is 32.3 Å². The number of hydrogen-bond acceptors (Lipinski definition) is 4. The van der Waals surface area contributed by atoms with Crippen molar-refractivity contribution < 1.29 is 19.1 Å². The van der Waals surface area contributed by atoms with E-state index in [9.17, 15) is 9.59 Å². The Balaban J connectivity index is 1.80. The summed E-state index contributed by atoms with van der Waals surface area (Å²) in [7, 11) is 1.64. The van der Waals surface area contributed by atoms with Gasteiger partial charge in [0.25, 0.3) is 0 Å². The molecule has 0 atom stereocenters. The molecule has 1 aromatic carbocycles. The molecule has 0 bridgehead atoms. The first-order chi connectivity index (χ1) is 12.5. The van der Waals surface area contributed by atoms with Crippen molar-refractivity contribution in [1.82, 2.24) is 9.80 Å². The molecule has 1 fully saturated rings. The van der Waals surface area contributed by atoms with Crippen molar-refractivity contribution >= 4 is 12.0 Å². The Hall–Kier alpha value is -2.24. The van der Waals surface area contributed by atoms with Gasteiger partial charge in [-0.05, 0) is 36.5 Å². The highest BCUT2D eigenvalue weighted by Crippen LogP contribution is 2.15. The monoisotopic (exact) mass is 362 g/mol. The third kappa shape index (κ3) is 6.24. The molecule has 2 amide bonds. The Labute approximate surface area is 156 Å². The van der Waals surface area contributed by atoms with Gasteiger partial charge < -0.3 is 19.3 Å². The number of carbonyl (C=O) groups is 2. The third-order valence-electron chi connectivity index (χ3n) is 4.41. The van der Waals surface area contributed by atoms with Gasteiger partial charge in [-0.3, -0.25) is 4.79 Å². The number of aryl methyl sites for hydroxylation is 1. The van der Waals surface area contributed by atoms with E-state index in [4.69, 9.17) is 9.47 Å². The molecule has 1 heterocycles. The summed E-state index contributed by atoms with van der Waals surface area (Å²) in [6, 6.07) is 7.80. The Kier molecular flexibility index (Phi) is 7.75. The van der Waals surface area contributed by atoms with E-state index in [0.717, 1.165) is 17.7 Å². The standard InChI is InChI=1S/C20H30N2O4/c1-16(2)15-26-20(24)22-11-5-10-21(12-13-22)19(23)9-8-17-6-4-7-18(14-17)25-3/h4,6-7,14,16H,5,8-13,15H2,1-3H3. The number of benzene rings is 1.